The molecular formula is C21H38F2O. The minimum absolute atomic E-state index is 0.0320. The zero-order valence-corrected chi connectivity index (χ0v) is 16.0. The van der Waals surface area contributed by atoms with Gasteiger partial charge in [-0.15, -0.1) is 0 Å². The first kappa shape index (κ1) is 20.1. The first-order valence-corrected chi connectivity index (χ1v) is 10.4. The number of halogens is 2. The van der Waals surface area contributed by atoms with Crippen LogP contribution in [0, 0.1) is 17.8 Å². The molecule has 142 valence electrons. The normalized spacial score (nSPS) is 38.9. The second-order valence-electron chi connectivity index (χ2n) is 8.54. The second kappa shape index (κ2) is 10.1. The molecule has 3 atom stereocenters. The van der Waals surface area contributed by atoms with Crippen LogP contribution in [-0.2, 0) is 4.74 Å². The molecule has 0 aliphatic heterocycles. The molecule has 0 aromatic heterocycles. The van der Waals surface area contributed by atoms with Gasteiger partial charge < -0.3 is 4.74 Å². The van der Waals surface area contributed by atoms with Gasteiger partial charge in [-0.2, -0.15) is 0 Å². The van der Waals surface area contributed by atoms with Crippen molar-refractivity contribution in [1.82, 2.24) is 0 Å². The highest BCUT2D eigenvalue weighted by Gasteiger charge is 2.42. The van der Waals surface area contributed by atoms with Crippen LogP contribution < -0.4 is 0 Å². The summed E-state index contributed by atoms with van der Waals surface area (Å²) in [5.41, 5.74) is 0. The van der Waals surface area contributed by atoms with Gasteiger partial charge in [0.1, 0.15) is 18.4 Å². The smallest absolute Gasteiger partial charge is 0.129 e. The fourth-order valence-electron chi connectivity index (χ4n) is 4.68. The molecule has 0 aromatic rings. The van der Waals surface area contributed by atoms with Crippen LogP contribution in [0.4, 0.5) is 8.78 Å². The van der Waals surface area contributed by atoms with E-state index >= 15 is 0 Å². The van der Waals surface area contributed by atoms with Crippen LogP contribution >= 0.6 is 0 Å². The van der Waals surface area contributed by atoms with Gasteiger partial charge in [0.2, 0.25) is 0 Å². The summed E-state index contributed by atoms with van der Waals surface area (Å²) in [7, 11) is 0. The number of unbranched alkanes of at least 4 members (excludes halogenated alkanes) is 3. The molecule has 0 spiro atoms. The van der Waals surface area contributed by atoms with Crippen LogP contribution in [-0.4, -0.2) is 24.6 Å². The topological polar surface area (TPSA) is 9.23 Å². The number of alkyl halides is 2. The molecule has 2 fully saturated rings. The first-order chi connectivity index (χ1) is 11.5. The maximum Gasteiger partial charge on any atom is 0.129 e. The molecular weight excluding hydrogens is 306 g/mol. The Labute approximate surface area is 147 Å². The minimum Gasteiger partial charge on any atom is -0.369 e. The van der Waals surface area contributed by atoms with Gasteiger partial charge in [-0.05, 0) is 56.8 Å². The summed E-state index contributed by atoms with van der Waals surface area (Å²) in [5.74, 6) is 1.55. The first-order valence-electron chi connectivity index (χ1n) is 10.4. The Morgan fingerprint density at radius 1 is 0.917 bits per heavy atom. The molecule has 3 heteroatoms. The lowest BCUT2D eigenvalue weighted by Gasteiger charge is -2.41. The van der Waals surface area contributed by atoms with Crippen LogP contribution in [0.5, 0.6) is 0 Å². The maximum absolute atomic E-state index is 14.6. The van der Waals surface area contributed by atoms with Crippen LogP contribution in [0.15, 0.2) is 0 Å². The second-order valence-corrected chi connectivity index (χ2v) is 8.54. The third kappa shape index (κ3) is 5.97. The lowest BCUT2D eigenvalue weighted by Crippen LogP contribution is -2.45. The number of hydrogen-bond donors (Lipinski definition) is 0. The van der Waals surface area contributed by atoms with Crippen LogP contribution in [0.1, 0.15) is 91.4 Å². The third-order valence-electron chi connectivity index (χ3n) is 6.35. The summed E-state index contributed by atoms with van der Waals surface area (Å²) >= 11 is 0. The third-order valence-corrected chi connectivity index (χ3v) is 6.35. The van der Waals surface area contributed by atoms with E-state index in [-0.39, 0.29) is 12.0 Å². The van der Waals surface area contributed by atoms with Gasteiger partial charge in [-0.25, -0.2) is 8.78 Å². The molecule has 2 aliphatic rings. The van der Waals surface area contributed by atoms with E-state index in [1.54, 1.807) is 0 Å². The zero-order valence-electron chi connectivity index (χ0n) is 16.0. The van der Waals surface area contributed by atoms with E-state index in [0.29, 0.717) is 18.8 Å². The molecule has 24 heavy (non-hydrogen) atoms. The van der Waals surface area contributed by atoms with Gasteiger partial charge in [0.15, 0.2) is 0 Å². The number of rotatable bonds is 8. The lowest BCUT2D eigenvalue weighted by molar-refractivity contribution is -0.117. The average molecular weight is 345 g/mol. The SMILES string of the molecule is CCCCCCC(C)OC1C(F)CC(C2CCC(C)CC2)CC1F. The monoisotopic (exact) mass is 344 g/mol. The lowest BCUT2D eigenvalue weighted by atomic mass is 9.70. The van der Waals surface area contributed by atoms with Crippen LogP contribution in [0.3, 0.4) is 0 Å². The molecule has 0 bridgehead atoms. The quantitative estimate of drug-likeness (QED) is 0.448. The summed E-state index contributed by atoms with van der Waals surface area (Å²) in [6, 6.07) is 0. The Morgan fingerprint density at radius 2 is 1.54 bits per heavy atom. The summed E-state index contributed by atoms with van der Waals surface area (Å²) in [6.45, 7) is 6.45. The molecule has 0 heterocycles. The largest absolute Gasteiger partial charge is 0.369 e. The van der Waals surface area contributed by atoms with Crippen molar-refractivity contribution in [2.24, 2.45) is 17.8 Å². The molecule has 0 radical (unpaired) electrons. The fourth-order valence-corrected chi connectivity index (χ4v) is 4.68. The summed E-state index contributed by atoms with van der Waals surface area (Å²) in [5, 5.41) is 0. The Morgan fingerprint density at radius 3 is 2.12 bits per heavy atom. The molecule has 0 N–H and O–H groups in total. The van der Waals surface area contributed by atoms with E-state index < -0.39 is 18.4 Å². The standard InChI is InChI=1S/C21H38F2O/c1-4-5-6-7-8-16(3)24-21-19(22)13-18(14-20(21)23)17-11-9-15(2)10-12-17/h15-21H,4-14H2,1-3H3. The van der Waals surface area contributed by atoms with Crippen LogP contribution in [0.2, 0.25) is 0 Å². The van der Waals surface area contributed by atoms with Gasteiger partial charge in [-0.1, -0.05) is 52.4 Å². The average Bonchev–Trinajstić information content (AvgIpc) is 2.55. The highest BCUT2D eigenvalue weighted by molar-refractivity contribution is 4.91. The van der Waals surface area contributed by atoms with E-state index in [0.717, 1.165) is 31.6 Å². The molecule has 1 nitrogen and oxygen atoms in total. The van der Waals surface area contributed by atoms with E-state index in [1.165, 1.54) is 32.1 Å². The van der Waals surface area contributed by atoms with Gasteiger partial charge in [0, 0.05) is 0 Å². The summed E-state index contributed by atoms with van der Waals surface area (Å²) in [6.07, 6.45) is 8.30. The predicted molar refractivity (Wildman–Crippen MR) is 96.7 cm³/mol. The molecule has 0 amide bonds. The molecule has 0 saturated heterocycles. The van der Waals surface area contributed by atoms with Crippen LogP contribution in [0.25, 0.3) is 0 Å². The molecule has 2 saturated carbocycles. The Balaban J connectivity index is 1.76. The van der Waals surface area contributed by atoms with Gasteiger partial charge in [0.25, 0.3) is 0 Å². The van der Waals surface area contributed by atoms with E-state index in [4.69, 9.17) is 4.74 Å². The zero-order chi connectivity index (χ0) is 17.5. The van der Waals surface area contributed by atoms with Crippen molar-refractivity contribution in [3.05, 3.63) is 0 Å². The number of ether oxygens (including phenoxy) is 1. The van der Waals surface area contributed by atoms with Crippen molar-refractivity contribution >= 4 is 0 Å². The number of hydrogen-bond acceptors (Lipinski definition) is 1. The van der Waals surface area contributed by atoms with Gasteiger partial charge in [-0.3, -0.25) is 0 Å². The van der Waals surface area contributed by atoms with E-state index in [2.05, 4.69) is 13.8 Å². The van der Waals surface area contributed by atoms with Crippen molar-refractivity contribution in [2.75, 3.05) is 0 Å². The van der Waals surface area contributed by atoms with Crippen molar-refractivity contribution in [1.29, 1.82) is 0 Å². The van der Waals surface area contributed by atoms with Crippen molar-refractivity contribution in [3.63, 3.8) is 0 Å². The van der Waals surface area contributed by atoms with Gasteiger partial charge >= 0.3 is 0 Å². The summed E-state index contributed by atoms with van der Waals surface area (Å²) < 4.78 is 35.0. The van der Waals surface area contributed by atoms with Crippen molar-refractivity contribution < 1.29 is 13.5 Å². The Kier molecular flexibility index (Phi) is 8.46. The summed E-state index contributed by atoms with van der Waals surface area (Å²) in [4.78, 5) is 0. The van der Waals surface area contributed by atoms with E-state index in [1.807, 2.05) is 6.92 Å². The minimum atomic E-state index is -1.13. The molecule has 0 aromatic carbocycles. The molecule has 2 aliphatic carbocycles. The highest BCUT2D eigenvalue weighted by Crippen LogP contribution is 2.42. The molecule has 2 rings (SSSR count). The highest BCUT2D eigenvalue weighted by atomic mass is 19.1. The maximum atomic E-state index is 14.6. The Bertz CT molecular complexity index is 329. The predicted octanol–water partition coefficient (Wildman–Crippen LogP) is 6.64. The fraction of sp³-hybridized carbons (Fsp3) is 1.00. The van der Waals surface area contributed by atoms with Crippen molar-refractivity contribution in [2.45, 2.75) is 116 Å². The van der Waals surface area contributed by atoms with Crippen molar-refractivity contribution in [3.8, 4) is 0 Å². The Hall–Kier alpha value is -0.180. The van der Waals surface area contributed by atoms with Gasteiger partial charge in [0.05, 0.1) is 6.10 Å². The van der Waals surface area contributed by atoms with E-state index in [9.17, 15) is 8.78 Å². The molecule has 3 unspecified atom stereocenters.